The first-order chi connectivity index (χ1) is 12.6. The van der Waals surface area contributed by atoms with Crippen molar-refractivity contribution < 1.29 is 29.9 Å². The minimum Gasteiger partial charge on any atom is -0.376 e. The van der Waals surface area contributed by atoms with Crippen molar-refractivity contribution in [2.75, 3.05) is 55.8 Å². The highest BCUT2D eigenvalue weighted by Crippen LogP contribution is 2.32. The molecule has 0 atom stereocenters. The predicted octanol–water partition coefficient (Wildman–Crippen LogP) is -1.14. The highest BCUT2D eigenvalue weighted by atomic mass is 16.5. The van der Waals surface area contributed by atoms with Crippen LogP contribution in [-0.4, -0.2) is 88.0 Å². The van der Waals surface area contributed by atoms with Crippen LogP contribution >= 0.6 is 0 Å². The molecule has 0 aliphatic carbocycles. The summed E-state index contributed by atoms with van der Waals surface area (Å²) in [5.74, 6) is -0.0288. The summed E-state index contributed by atoms with van der Waals surface area (Å²) >= 11 is 0. The number of anilines is 3. The molecule has 12 heteroatoms. The highest BCUT2D eigenvalue weighted by molar-refractivity contribution is 5.48. The van der Waals surface area contributed by atoms with Gasteiger partial charge in [-0.2, -0.15) is 15.0 Å². The third-order valence-electron chi connectivity index (χ3n) is 4.12. The lowest BCUT2D eigenvalue weighted by Gasteiger charge is -2.46. The molecule has 27 heavy (non-hydrogen) atoms. The topological polar surface area (TPSA) is 148 Å². The summed E-state index contributed by atoms with van der Waals surface area (Å²) < 4.78 is 11.1. The van der Waals surface area contributed by atoms with Gasteiger partial charge >= 0.3 is 0 Å². The van der Waals surface area contributed by atoms with Gasteiger partial charge in [-0.25, -0.2) is 0 Å². The van der Waals surface area contributed by atoms with Crippen LogP contribution in [-0.2, 0) is 9.47 Å². The summed E-state index contributed by atoms with van der Waals surface area (Å²) in [6.07, 6.45) is 0. The number of hydrogen-bond acceptors (Lipinski definition) is 12. The zero-order chi connectivity index (χ0) is 20.8. The lowest BCUT2D eigenvalue weighted by atomic mass is 10.1. The molecular formula is C15H30N6O6. The quantitative estimate of drug-likeness (QED) is 0.338. The van der Waals surface area contributed by atoms with Gasteiger partial charge in [0.2, 0.25) is 17.8 Å². The van der Waals surface area contributed by atoms with Crippen LogP contribution < -0.4 is 14.7 Å². The van der Waals surface area contributed by atoms with Gasteiger partial charge in [-0.05, 0) is 27.7 Å². The Balaban J connectivity index is 3.70. The lowest BCUT2D eigenvalue weighted by Crippen LogP contribution is -2.58. The molecule has 1 aromatic heterocycles. The van der Waals surface area contributed by atoms with E-state index in [-0.39, 0.29) is 17.8 Å². The van der Waals surface area contributed by atoms with Crippen molar-refractivity contribution in [2.45, 2.75) is 39.1 Å². The summed E-state index contributed by atoms with van der Waals surface area (Å²) in [7, 11) is 3.03. The fourth-order valence-corrected chi connectivity index (χ4v) is 2.38. The second kappa shape index (κ2) is 9.39. The molecule has 0 aliphatic rings. The third-order valence-corrected chi connectivity index (χ3v) is 4.12. The molecule has 0 unspecified atom stereocenters. The number of aromatic nitrogens is 3. The van der Waals surface area contributed by atoms with Crippen molar-refractivity contribution in [3.05, 3.63) is 0 Å². The number of aliphatic hydroxyl groups excluding tert-OH is 4. The summed E-state index contributed by atoms with van der Waals surface area (Å²) in [5.41, 5.74) is -1.86. The van der Waals surface area contributed by atoms with Gasteiger partial charge in [-0.15, -0.1) is 0 Å². The van der Waals surface area contributed by atoms with Crippen LogP contribution in [0.4, 0.5) is 17.8 Å². The third kappa shape index (κ3) is 5.12. The molecule has 0 fully saturated rings. The van der Waals surface area contributed by atoms with Crippen LogP contribution in [0.25, 0.3) is 0 Å². The maximum Gasteiger partial charge on any atom is 0.236 e. The molecule has 4 N–H and O–H groups in total. The second-order valence-electron chi connectivity index (χ2n) is 6.52. The van der Waals surface area contributed by atoms with Crippen LogP contribution in [0.5, 0.6) is 0 Å². The molecule has 0 saturated carbocycles. The number of methoxy groups -OCH3 is 2. The standard InChI is InChI=1S/C15H30N6O6/c1-14(2,26-5)21(15(3,4)27-6)13-17-11(19(7-22)8-23)16-12(18-13)20(9-24)10-25/h22-25H,7-10H2,1-6H3. The average molecular weight is 390 g/mol. The lowest BCUT2D eigenvalue weighted by molar-refractivity contribution is -0.0666. The van der Waals surface area contributed by atoms with Crippen LogP contribution in [0.3, 0.4) is 0 Å². The van der Waals surface area contributed by atoms with Gasteiger partial charge in [0.05, 0.1) is 0 Å². The van der Waals surface area contributed by atoms with E-state index < -0.39 is 38.4 Å². The van der Waals surface area contributed by atoms with E-state index in [0.29, 0.717) is 0 Å². The summed E-state index contributed by atoms with van der Waals surface area (Å²) in [6, 6.07) is 0. The molecule has 0 aliphatic heterocycles. The van der Waals surface area contributed by atoms with Crippen LogP contribution in [0.1, 0.15) is 27.7 Å². The average Bonchev–Trinajstić information content (AvgIpc) is 2.63. The van der Waals surface area contributed by atoms with E-state index in [1.165, 1.54) is 14.2 Å². The van der Waals surface area contributed by atoms with Crippen molar-refractivity contribution in [2.24, 2.45) is 0 Å². The molecule has 1 rings (SSSR count). The zero-order valence-corrected chi connectivity index (χ0v) is 16.6. The number of nitrogens with zero attached hydrogens (tertiary/aromatic N) is 6. The number of aliphatic hydroxyl groups is 4. The van der Waals surface area contributed by atoms with E-state index in [1.807, 2.05) is 0 Å². The molecule has 1 aromatic rings. The molecule has 0 bridgehead atoms. The molecule has 156 valence electrons. The van der Waals surface area contributed by atoms with E-state index in [9.17, 15) is 20.4 Å². The fourth-order valence-electron chi connectivity index (χ4n) is 2.38. The number of rotatable bonds is 11. The van der Waals surface area contributed by atoms with Crippen molar-refractivity contribution in [3.63, 3.8) is 0 Å². The van der Waals surface area contributed by atoms with Crippen molar-refractivity contribution in [3.8, 4) is 0 Å². The maximum atomic E-state index is 9.46. The zero-order valence-electron chi connectivity index (χ0n) is 16.6. The predicted molar refractivity (Wildman–Crippen MR) is 97.8 cm³/mol. The smallest absolute Gasteiger partial charge is 0.236 e. The van der Waals surface area contributed by atoms with Gasteiger partial charge in [0, 0.05) is 14.2 Å². The van der Waals surface area contributed by atoms with Crippen LogP contribution in [0.15, 0.2) is 0 Å². The highest BCUT2D eigenvalue weighted by Gasteiger charge is 2.41. The minimum atomic E-state index is -0.929. The SMILES string of the molecule is COC(C)(C)N(c1nc(N(CO)CO)nc(N(CO)CO)n1)C(C)(C)OC. The molecule has 0 radical (unpaired) electrons. The Bertz CT molecular complexity index is 548. The van der Waals surface area contributed by atoms with Gasteiger partial charge in [-0.3, -0.25) is 14.7 Å². The first kappa shape index (κ1) is 23.2. The van der Waals surface area contributed by atoms with E-state index >= 15 is 0 Å². The van der Waals surface area contributed by atoms with Crippen LogP contribution in [0.2, 0.25) is 0 Å². The van der Waals surface area contributed by atoms with Crippen molar-refractivity contribution in [1.29, 1.82) is 0 Å². The van der Waals surface area contributed by atoms with Crippen LogP contribution in [0, 0.1) is 0 Å². The van der Waals surface area contributed by atoms with Crippen molar-refractivity contribution >= 4 is 17.8 Å². The molecule has 0 saturated heterocycles. The van der Waals surface area contributed by atoms with Gasteiger partial charge in [0.25, 0.3) is 0 Å². The molecular weight excluding hydrogens is 360 g/mol. The molecule has 12 nitrogen and oxygen atoms in total. The largest absolute Gasteiger partial charge is 0.376 e. The number of ether oxygens (including phenoxy) is 2. The molecule has 0 aromatic carbocycles. The fraction of sp³-hybridized carbons (Fsp3) is 0.800. The molecule has 0 amide bonds. The Morgan fingerprint density at radius 1 is 0.667 bits per heavy atom. The maximum absolute atomic E-state index is 9.46. The number of hydrogen-bond donors (Lipinski definition) is 4. The minimum absolute atomic E-state index is 0.0595. The molecule has 0 spiro atoms. The Morgan fingerprint density at radius 3 is 1.22 bits per heavy atom. The molecule has 1 heterocycles. The Kier molecular flexibility index (Phi) is 8.07. The summed E-state index contributed by atoms with van der Waals surface area (Å²) in [5, 5.41) is 37.8. The van der Waals surface area contributed by atoms with Gasteiger partial charge in [0.15, 0.2) is 0 Å². The van der Waals surface area contributed by atoms with Gasteiger partial charge in [0.1, 0.15) is 38.4 Å². The van der Waals surface area contributed by atoms with E-state index in [1.54, 1.807) is 32.6 Å². The Morgan fingerprint density at radius 2 is 0.963 bits per heavy atom. The van der Waals surface area contributed by atoms with Crippen molar-refractivity contribution in [1.82, 2.24) is 15.0 Å². The van der Waals surface area contributed by atoms with E-state index in [2.05, 4.69) is 15.0 Å². The monoisotopic (exact) mass is 390 g/mol. The van der Waals surface area contributed by atoms with E-state index in [0.717, 1.165) is 9.80 Å². The summed E-state index contributed by atoms with van der Waals surface area (Å²) in [6.45, 7) is 4.90. The Labute approximate surface area is 158 Å². The Hall–Kier alpha value is -1.83. The van der Waals surface area contributed by atoms with Gasteiger partial charge < -0.3 is 29.9 Å². The first-order valence-electron chi connectivity index (χ1n) is 8.21. The van der Waals surface area contributed by atoms with E-state index in [4.69, 9.17) is 9.47 Å². The van der Waals surface area contributed by atoms with Gasteiger partial charge in [-0.1, -0.05) is 0 Å². The first-order valence-corrected chi connectivity index (χ1v) is 8.21. The second-order valence-corrected chi connectivity index (χ2v) is 6.52. The normalized spacial score (nSPS) is 12.2. The summed E-state index contributed by atoms with van der Waals surface area (Å²) in [4.78, 5) is 16.5.